The Hall–Kier alpha value is -3.47. The molecule has 0 saturated heterocycles. The van der Waals surface area contributed by atoms with Crippen LogP contribution in [0.1, 0.15) is 226 Å². The van der Waals surface area contributed by atoms with Gasteiger partial charge in [-0.05, 0) is 96.3 Å². The van der Waals surface area contributed by atoms with E-state index in [-0.39, 0.29) is 12.5 Å². The predicted octanol–water partition coefficient (Wildman–Crippen LogP) is 17.9. The maximum atomic E-state index is 12.4. The summed E-state index contributed by atoms with van der Waals surface area (Å²) in [6.45, 7) is 4.18. The van der Waals surface area contributed by atoms with Crippen LogP contribution in [0.5, 0.6) is 0 Å². The number of carbonyl (C=O) groups is 1. The van der Waals surface area contributed by atoms with Gasteiger partial charge in [-0.25, -0.2) is 0 Å². The van der Waals surface area contributed by atoms with Crippen LogP contribution >= 0.6 is 0 Å². The van der Waals surface area contributed by atoms with E-state index in [1.165, 1.54) is 103 Å². The standard InChI is InChI=1S/C61H101NO3/c1-3-5-7-9-11-13-15-17-19-21-22-23-24-25-26-27-28-29-30-31-32-33-34-35-36-37-38-39-40-41-43-45-47-49-51-53-55-57-61(65)62-59(58-63)60(64)56-54-52-50-48-46-44-42-20-18-16-14-12-10-8-6-4-2/h5,7,11,13,17,19,22-23,25-26,28-29,31-32,34-35,37-38,40-41,54,56,59-60,63-64H,3-4,6,8-10,12,14-16,18,20-21,24,27,30,33,36,39,42-53,55,57-58H2,1-2H3,(H,62,65)/b7-5-,13-11-,19-17-,23-22-,26-25-,29-28-,32-31-,35-34-,38-37-,41-40-,56-54+. The van der Waals surface area contributed by atoms with Gasteiger partial charge in [-0.3, -0.25) is 4.79 Å². The first-order chi connectivity index (χ1) is 32.2. The zero-order valence-corrected chi connectivity index (χ0v) is 42.2. The molecule has 3 N–H and O–H groups in total. The molecule has 1 amide bonds. The smallest absolute Gasteiger partial charge is 0.220 e. The number of unbranched alkanes of at least 4 members (excludes halogenated alkanes) is 20. The van der Waals surface area contributed by atoms with Crippen molar-refractivity contribution in [2.24, 2.45) is 0 Å². The molecule has 0 heterocycles. The van der Waals surface area contributed by atoms with E-state index in [1.54, 1.807) is 6.08 Å². The molecule has 0 rings (SSSR count). The highest BCUT2D eigenvalue weighted by Gasteiger charge is 2.17. The number of aliphatic hydroxyl groups excluding tert-OH is 2. The minimum absolute atomic E-state index is 0.0840. The Morgan fingerprint density at radius 3 is 1.02 bits per heavy atom. The third-order valence-corrected chi connectivity index (χ3v) is 11.4. The van der Waals surface area contributed by atoms with E-state index < -0.39 is 12.1 Å². The summed E-state index contributed by atoms with van der Waals surface area (Å²) in [5.41, 5.74) is 0. The van der Waals surface area contributed by atoms with Gasteiger partial charge in [0.25, 0.3) is 0 Å². The zero-order chi connectivity index (χ0) is 47.0. The highest BCUT2D eigenvalue weighted by atomic mass is 16.3. The summed E-state index contributed by atoms with van der Waals surface area (Å²) in [5.74, 6) is -0.0840. The summed E-state index contributed by atoms with van der Waals surface area (Å²) in [6, 6.07) is -0.640. The number of aliphatic hydroxyl groups is 2. The second-order valence-electron chi connectivity index (χ2n) is 17.6. The number of carbonyl (C=O) groups excluding carboxylic acids is 1. The summed E-state index contributed by atoms with van der Waals surface area (Å²) in [5, 5.41) is 23.1. The van der Waals surface area contributed by atoms with Gasteiger partial charge in [-0.2, -0.15) is 0 Å². The molecule has 0 aromatic heterocycles. The summed E-state index contributed by atoms with van der Waals surface area (Å²) in [4.78, 5) is 12.4. The van der Waals surface area contributed by atoms with Crippen LogP contribution in [-0.2, 0) is 4.79 Å². The SMILES string of the molecule is CC/C=C\C/C=C\C/C=C\C/C=C\C/C=C\C/C=C\C/C=C\C/C=C\C/C=C\C/C=C\CCCCCCCCC(=O)NC(CO)C(O)/C=C/CCCCCCCCCCCCCCCC. The van der Waals surface area contributed by atoms with E-state index in [2.05, 4.69) is 141 Å². The molecular weight excluding hydrogens is 795 g/mol. The highest BCUT2D eigenvalue weighted by molar-refractivity contribution is 5.76. The van der Waals surface area contributed by atoms with Crippen molar-refractivity contribution < 1.29 is 15.0 Å². The number of nitrogens with one attached hydrogen (secondary N) is 1. The lowest BCUT2D eigenvalue weighted by molar-refractivity contribution is -0.123. The summed E-state index contributed by atoms with van der Waals surface area (Å²) in [6.07, 6.45) is 85.8. The van der Waals surface area contributed by atoms with Crippen LogP contribution in [0.4, 0.5) is 0 Å². The Morgan fingerprint density at radius 1 is 0.385 bits per heavy atom. The molecular formula is C61H101NO3. The monoisotopic (exact) mass is 896 g/mol. The Morgan fingerprint density at radius 2 is 0.677 bits per heavy atom. The molecule has 2 unspecified atom stereocenters. The van der Waals surface area contributed by atoms with Crippen LogP contribution in [0.25, 0.3) is 0 Å². The average Bonchev–Trinajstić information content (AvgIpc) is 3.31. The summed E-state index contributed by atoms with van der Waals surface area (Å²) in [7, 11) is 0. The summed E-state index contributed by atoms with van der Waals surface area (Å²) >= 11 is 0. The minimum atomic E-state index is -0.855. The molecule has 0 aliphatic rings. The van der Waals surface area contributed by atoms with E-state index in [9.17, 15) is 15.0 Å². The fourth-order valence-corrected chi connectivity index (χ4v) is 7.32. The lowest BCUT2D eigenvalue weighted by Crippen LogP contribution is -2.45. The van der Waals surface area contributed by atoms with E-state index in [4.69, 9.17) is 0 Å². The van der Waals surface area contributed by atoms with Gasteiger partial charge in [0.05, 0.1) is 18.8 Å². The van der Waals surface area contributed by atoms with Gasteiger partial charge in [0.2, 0.25) is 5.91 Å². The van der Waals surface area contributed by atoms with Crippen LogP contribution in [-0.4, -0.2) is 34.9 Å². The number of amides is 1. The molecule has 368 valence electrons. The molecule has 65 heavy (non-hydrogen) atoms. The molecule has 0 aliphatic carbocycles. The fourth-order valence-electron chi connectivity index (χ4n) is 7.32. The van der Waals surface area contributed by atoms with Gasteiger partial charge in [0.1, 0.15) is 0 Å². The Bertz CT molecular complexity index is 1340. The second kappa shape index (κ2) is 54.9. The van der Waals surface area contributed by atoms with E-state index in [0.717, 1.165) is 103 Å². The van der Waals surface area contributed by atoms with E-state index in [1.807, 2.05) is 6.08 Å². The molecule has 0 bridgehead atoms. The average molecular weight is 896 g/mol. The fraction of sp³-hybridized carbons (Fsp3) is 0.623. The van der Waals surface area contributed by atoms with Crippen LogP contribution < -0.4 is 5.32 Å². The van der Waals surface area contributed by atoms with E-state index >= 15 is 0 Å². The van der Waals surface area contributed by atoms with Gasteiger partial charge in [0, 0.05) is 6.42 Å². The van der Waals surface area contributed by atoms with Gasteiger partial charge < -0.3 is 15.5 Å². The van der Waals surface area contributed by atoms with Gasteiger partial charge in [0.15, 0.2) is 0 Å². The second-order valence-corrected chi connectivity index (χ2v) is 17.6. The number of allylic oxidation sites excluding steroid dienone is 21. The molecule has 0 radical (unpaired) electrons. The normalized spacial score (nSPS) is 14.0. The maximum Gasteiger partial charge on any atom is 0.220 e. The van der Waals surface area contributed by atoms with Crippen molar-refractivity contribution in [3.63, 3.8) is 0 Å². The lowest BCUT2D eigenvalue weighted by Gasteiger charge is -2.20. The molecule has 0 aliphatic heterocycles. The molecule has 0 aromatic carbocycles. The summed E-state index contributed by atoms with van der Waals surface area (Å²) < 4.78 is 0. The van der Waals surface area contributed by atoms with Gasteiger partial charge in [-0.1, -0.05) is 257 Å². The highest BCUT2D eigenvalue weighted by Crippen LogP contribution is 2.14. The van der Waals surface area contributed by atoms with E-state index in [0.29, 0.717) is 6.42 Å². The first-order valence-electron chi connectivity index (χ1n) is 26.9. The zero-order valence-electron chi connectivity index (χ0n) is 42.2. The Balaban J connectivity index is 3.67. The topological polar surface area (TPSA) is 69.6 Å². The first kappa shape index (κ1) is 61.5. The van der Waals surface area contributed by atoms with Crippen molar-refractivity contribution in [3.8, 4) is 0 Å². The molecule has 4 nitrogen and oxygen atoms in total. The van der Waals surface area contributed by atoms with Crippen LogP contribution in [0, 0.1) is 0 Å². The van der Waals surface area contributed by atoms with Crippen molar-refractivity contribution in [2.45, 2.75) is 238 Å². The third kappa shape index (κ3) is 51.4. The largest absolute Gasteiger partial charge is 0.394 e. The molecule has 0 aromatic rings. The third-order valence-electron chi connectivity index (χ3n) is 11.4. The molecule has 0 spiro atoms. The first-order valence-corrected chi connectivity index (χ1v) is 26.9. The van der Waals surface area contributed by atoms with Crippen molar-refractivity contribution >= 4 is 5.91 Å². The van der Waals surface area contributed by atoms with Gasteiger partial charge >= 0.3 is 0 Å². The minimum Gasteiger partial charge on any atom is -0.394 e. The molecule has 0 fully saturated rings. The molecule has 0 saturated carbocycles. The van der Waals surface area contributed by atoms with Crippen molar-refractivity contribution in [1.82, 2.24) is 5.32 Å². The van der Waals surface area contributed by atoms with Crippen LogP contribution in [0.3, 0.4) is 0 Å². The number of rotatable bonds is 47. The number of hydrogen-bond donors (Lipinski definition) is 3. The van der Waals surface area contributed by atoms with Crippen molar-refractivity contribution in [1.29, 1.82) is 0 Å². The lowest BCUT2D eigenvalue weighted by atomic mass is 10.0. The number of hydrogen-bond acceptors (Lipinski definition) is 3. The predicted molar refractivity (Wildman–Crippen MR) is 289 cm³/mol. The molecule has 2 atom stereocenters. The Labute approximate surface area is 402 Å². The molecule has 4 heteroatoms. The maximum absolute atomic E-state index is 12.4. The van der Waals surface area contributed by atoms with Gasteiger partial charge in [-0.15, -0.1) is 0 Å². The van der Waals surface area contributed by atoms with Crippen LogP contribution in [0.15, 0.2) is 134 Å². The van der Waals surface area contributed by atoms with Crippen molar-refractivity contribution in [3.05, 3.63) is 134 Å². The quantitative estimate of drug-likeness (QED) is 0.0421. The van der Waals surface area contributed by atoms with Crippen LogP contribution in [0.2, 0.25) is 0 Å². The Kier molecular flexibility index (Phi) is 51.9. The van der Waals surface area contributed by atoms with Crippen molar-refractivity contribution in [2.75, 3.05) is 6.61 Å².